The third-order valence-corrected chi connectivity index (χ3v) is 5.87. The van der Waals surface area contributed by atoms with E-state index < -0.39 is 15.8 Å². The molecule has 1 aliphatic heterocycles. The van der Waals surface area contributed by atoms with Gasteiger partial charge in [-0.05, 0) is 80.4 Å². The molecule has 27 heavy (non-hydrogen) atoms. The zero-order valence-corrected chi connectivity index (χ0v) is 15.6. The van der Waals surface area contributed by atoms with Crippen molar-refractivity contribution in [1.29, 1.82) is 0 Å². The molecule has 6 nitrogen and oxygen atoms in total. The predicted octanol–water partition coefficient (Wildman–Crippen LogP) is 2.36. The maximum Gasteiger partial charge on any atom is 0.261 e. The summed E-state index contributed by atoms with van der Waals surface area (Å²) >= 11 is 0. The normalized spacial score (nSPS) is 17.3. The summed E-state index contributed by atoms with van der Waals surface area (Å²) < 4.78 is 40.1. The Hall–Kier alpha value is -2.45. The lowest BCUT2D eigenvalue weighted by molar-refractivity contribution is 0.0944. The van der Waals surface area contributed by atoms with Crippen LogP contribution in [-0.4, -0.2) is 34.0 Å². The zero-order valence-electron chi connectivity index (χ0n) is 14.7. The second kappa shape index (κ2) is 8.49. The highest BCUT2D eigenvalue weighted by atomic mass is 32.2. The first-order chi connectivity index (χ1) is 12.9. The van der Waals surface area contributed by atoms with Gasteiger partial charge in [0, 0.05) is 17.8 Å². The number of carbonyl (C=O) groups is 1. The monoisotopic (exact) mass is 391 g/mol. The summed E-state index contributed by atoms with van der Waals surface area (Å²) in [5.41, 5.74) is 0.666. The SMILES string of the molecule is O=C(NCC1CCCNC1)c1ccc(S(=O)(=O)Nc2ccc(F)cc2)cc1. The number of sulfonamides is 1. The fourth-order valence-electron chi connectivity index (χ4n) is 2.95. The minimum absolute atomic E-state index is 0.0276. The number of amides is 1. The molecule has 0 aliphatic carbocycles. The molecule has 1 unspecified atom stereocenters. The van der Waals surface area contributed by atoms with Crippen molar-refractivity contribution in [2.45, 2.75) is 17.7 Å². The smallest absolute Gasteiger partial charge is 0.261 e. The number of nitrogens with one attached hydrogen (secondary N) is 3. The lowest BCUT2D eigenvalue weighted by atomic mass is 10.00. The number of anilines is 1. The van der Waals surface area contributed by atoms with Gasteiger partial charge in [-0.25, -0.2) is 12.8 Å². The summed E-state index contributed by atoms with van der Waals surface area (Å²) in [6, 6.07) is 10.7. The van der Waals surface area contributed by atoms with Crippen LogP contribution in [0.2, 0.25) is 0 Å². The molecule has 2 aromatic rings. The molecule has 0 aromatic heterocycles. The molecule has 0 spiro atoms. The maximum atomic E-state index is 12.9. The fourth-order valence-corrected chi connectivity index (χ4v) is 4.01. The first kappa shape index (κ1) is 19.3. The van der Waals surface area contributed by atoms with Gasteiger partial charge in [0.05, 0.1) is 4.90 Å². The Kier molecular flexibility index (Phi) is 6.08. The molecule has 1 heterocycles. The molecule has 3 rings (SSSR count). The highest BCUT2D eigenvalue weighted by Crippen LogP contribution is 2.17. The van der Waals surface area contributed by atoms with Gasteiger partial charge in [-0.3, -0.25) is 9.52 Å². The first-order valence-electron chi connectivity index (χ1n) is 8.81. The third kappa shape index (κ3) is 5.27. The van der Waals surface area contributed by atoms with Crippen LogP contribution in [0.25, 0.3) is 0 Å². The minimum Gasteiger partial charge on any atom is -0.352 e. The van der Waals surface area contributed by atoms with Crippen LogP contribution >= 0.6 is 0 Å². The number of benzene rings is 2. The van der Waals surface area contributed by atoms with Gasteiger partial charge in [0.1, 0.15) is 5.82 Å². The standard InChI is InChI=1S/C19H22FN3O3S/c20-16-5-7-17(8-6-16)23-27(25,26)18-9-3-15(4-10-18)19(24)22-13-14-2-1-11-21-12-14/h3-10,14,21,23H,1-2,11-13H2,(H,22,24). The van der Waals surface area contributed by atoms with E-state index in [0.29, 0.717) is 18.0 Å². The minimum atomic E-state index is -3.81. The highest BCUT2D eigenvalue weighted by Gasteiger charge is 2.17. The van der Waals surface area contributed by atoms with Crippen LogP contribution in [0.1, 0.15) is 23.2 Å². The Morgan fingerprint density at radius 1 is 1.11 bits per heavy atom. The number of carbonyl (C=O) groups excluding carboxylic acids is 1. The van der Waals surface area contributed by atoms with E-state index in [4.69, 9.17) is 0 Å². The second-order valence-electron chi connectivity index (χ2n) is 6.56. The van der Waals surface area contributed by atoms with E-state index in [0.717, 1.165) is 25.9 Å². The van der Waals surface area contributed by atoms with Gasteiger partial charge in [0.2, 0.25) is 0 Å². The van der Waals surface area contributed by atoms with E-state index in [1.54, 1.807) is 0 Å². The summed E-state index contributed by atoms with van der Waals surface area (Å²) in [4.78, 5) is 12.3. The zero-order chi connectivity index (χ0) is 19.3. The highest BCUT2D eigenvalue weighted by molar-refractivity contribution is 7.92. The molecule has 3 N–H and O–H groups in total. The largest absolute Gasteiger partial charge is 0.352 e. The van der Waals surface area contributed by atoms with Gasteiger partial charge in [0.15, 0.2) is 0 Å². The van der Waals surface area contributed by atoms with E-state index in [2.05, 4.69) is 15.4 Å². The number of hydrogen-bond donors (Lipinski definition) is 3. The lowest BCUT2D eigenvalue weighted by Crippen LogP contribution is -2.38. The van der Waals surface area contributed by atoms with Crippen LogP contribution in [0.3, 0.4) is 0 Å². The summed E-state index contributed by atoms with van der Waals surface area (Å²) in [5, 5.41) is 6.19. The van der Waals surface area contributed by atoms with Crippen LogP contribution in [0.4, 0.5) is 10.1 Å². The van der Waals surface area contributed by atoms with E-state index in [-0.39, 0.29) is 16.5 Å². The maximum absolute atomic E-state index is 12.9. The molecule has 1 amide bonds. The third-order valence-electron chi connectivity index (χ3n) is 4.47. The molecular weight excluding hydrogens is 369 g/mol. The summed E-state index contributed by atoms with van der Waals surface area (Å²) in [6.07, 6.45) is 2.19. The van der Waals surface area contributed by atoms with Gasteiger partial charge in [-0.15, -0.1) is 0 Å². The molecule has 8 heteroatoms. The van der Waals surface area contributed by atoms with Gasteiger partial charge < -0.3 is 10.6 Å². The van der Waals surface area contributed by atoms with Crippen molar-refractivity contribution in [3.8, 4) is 0 Å². The molecule has 144 valence electrons. The van der Waals surface area contributed by atoms with Crippen molar-refractivity contribution < 1.29 is 17.6 Å². The van der Waals surface area contributed by atoms with Gasteiger partial charge in [-0.2, -0.15) is 0 Å². The Balaban J connectivity index is 1.61. The van der Waals surface area contributed by atoms with Crippen LogP contribution in [-0.2, 0) is 10.0 Å². The molecule has 1 aliphatic rings. The number of rotatable bonds is 6. The van der Waals surface area contributed by atoms with Crippen LogP contribution in [0.15, 0.2) is 53.4 Å². The average molecular weight is 391 g/mol. The molecule has 1 fully saturated rings. The fraction of sp³-hybridized carbons (Fsp3) is 0.316. The average Bonchev–Trinajstić information content (AvgIpc) is 2.69. The summed E-state index contributed by atoms with van der Waals surface area (Å²) in [7, 11) is -3.81. The van der Waals surface area contributed by atoms with E-state index in [1.807, 2.05) is 0 Å². The Morgan fingerprint density at radius 3 is 2.44 bits per heavy atom. The predicted molar refractivity (Wildman–Crippen MR) is 102 cm³/mol. The molecular formula is C19H22FN3O3S. The van der Waals surface area contributed by atoms with Crippen molar-refractivity contribution in [3.63, 3.8) is 0 Å². The number of hydrogen-bond acceptors (Lipinski definition) is 4. The summed E-state index contributed by atoms with van der Waals surface area (Å²) in [6.45, 7) is 2.51. The Bertz CT molecular complexity index is 877. The quantitative estimate of drug-likeness (QED) is 0.705. The van der Waals surface area contributed by atoms with E-state index >= 15 is 0 Å². The molecule has 1 saturated heterocycles. The molecule has 2 aromatic carbocycles. The van der Waals surface area contributed by atoms with Crippen molar-refractivity contribution in [2.75, 3.05) is 24.4 Å². The molecule has 0 saturated carbocycles. The second-order valence-corrected chi connectivity index (χ2v) is 8.24. The molecule has 1 atom stereocenters. The molecule has 0 radical (unpaired) electrons. The van der Waals surface area contributed by atoms with Crippen LogP contribution in [0, 0.1) is 11.7 Å². The van der Waals surface area contributed by atoms with E-state index in [1.165, 1.54) is 48.5 Å². The number of halogens is 1. The van der Waals surface area contributed by atoms with Gasteiger partial charge in [-0.1, -0.05) is 0 Å². The summed E-state index contributed by atoms with van der Waals surface area (Å²) in [5.74, 6) is -0.254. The van der Waals surface area contributed by atoms with Gasteiger partial charge >= 0.3 is 0 Å². The van der Waals surface area contributed by atoms with Crippen LogP contribution in [0.5, 0.6) is 0 Å². The van der Waals surface area contributed by atoms with Crippen molar-refractivity contribution >= 4 is 21.6 Å². The topological polar surface area (TPSA) is 87.3 Å². The van der Waals surface area contributed by atoms with Crippen molar-refractivity contribution in [3.05, 3.63) is 59.9 Å². The Morgan fingerprint density at radius 2 is 1.81 bits per heavy atom. The van der Waals surface area contributed by atoms with Crippen molar-refractivity contribution in [1.82, 2.24) is 10.6 Å². The number of piperidine rings is 1. The van der Waals surface area contributed by atoms with Crippen LogP contribution < -0.4 is 15.4 Å². The van der Waals surface area contributed by atoms with Crippen molar-refractivity contribution in [2.24, 2.45) is 5.92 Å². The lowest BCUT2D eigenvalue weighted by Gasteiger charge is -2.22. The van der Waals surface area contributed by atoms with E-state index in [9.17, 15) is 17.6 Å². The molecule has 0 bridgehead atoms. The van der Waals surface area contributed by atoms with Gasteiger partial charge in [0.25, 0.3) is 15.9 Å². The first-order valence-corrected chi connectivity index (χ1v) is 10.3. The Labute approximate surface area is 158 Å².